The van der Waals surface area contributed by atoms with Gasteiger partial charge in [0.15, 0.2) is 5.76 Å². The van der Waals surface area contributed by atoms with E-state index in [0.717, 1.165) is 0 Å². The van der Waals surface area contributed by atoms with Crippen LogP contribution in [0.3, 0.4) is 0 Å². The van der Waals surface area contributed by atoms with E-state index in [1.807, 2.05) is 0 Å². The van der Waals surface area contributed by atoms with E-state index in [9.17, 15) is 18.3 Å². The van der Waals surface area contributed by atoms with Crippen molar-refractivity contribution >= 4 is 15.9 Å². The number of carbonyl (C=O) groups excluding carboxylic acids is 1. The summed E-state index contributed by atoms with van der Waals surface area (Å²) in [6, 6.07) is 0. The van der Waals surface area contributed by atoms with Crippen molar-refractivity contribution in [1.82, 2.24) is 5.32 Å². The summed E-state index contributed by atoms with van der Waals surface area (Å²) < 4.78 is 34.7. The number of methoxy groups -OCH3 is 1. The Balaban J connectivity index is 2.83. The molecule has 0 bridgehead atoms. The summed E-state index contributed by atoms with van der Waals surface area (Å²) in [4.78, 5) is 11.7. The Kier molecular flexibility index (Phi) is 4.91. The molecule has 0 spiro atoms. The Morgan fingerprint density at radius 3 is 2.53 bits per heavy atom. The fourth-order valence-electron chi connectivity index (χ4n) is 1.84. The maximum absolute atomic E-state index is 11.7. The molecular formula is C10H17NO7S. The molecule has 1 rings (SSSR count). The quantitative estimate of drug-likeness (QED) is 0.431. The highest BCUT2D eigenvalue weighted by Gasteiger charge is 2.38. The molecule has 0 aromatic heterocycles. The Labute approximate surface area is 110 Å². The zero-order valence-electron chi connectivity index (χ0n) is 10.4. The van der Waals surface area contributed by atoms with Crippen LogP contribution in [0, 0.1) is 0 Å². The lowest BCUT2D eigenvalue weighted by atomic mass is 9.86. The second-order valence-electron chi connectivity index (χ2n) is 4.38. The molecule has 4 N–H and O–H groups in total. The number of aliphatic hydroxyl groups is 2. The minimum Gasteiger partial charge on any atom is -0.491 e. The van der Waals surface area contributed by atoms with Gasteiger partial charge in [-0.2, -0.15) is 8.42 Å². The first-order valence-electron chi connectivity index (χ1n) is 5.53. The standard InChI is InChI=1S/C10H17NO7S/c1-18-9-7(11-2-3-19(15,16)17)4-10(14,6-12)5-8(9)13/h11-12,14H,2-6H2,1H3,(H,15,16,17). The molecule has 1 atom stereocenters. The highest BCUT2D eigenvalue weighted by molar-refractivity contribution is 7.85. The molecule has 9 heteroatoms. The van der Waals surface area contributed by atoms with Crippen LogP contribution in [0.5, 0.6) is 0 Å². The fraction of sp³-hybridized carbons (Fsp3) is 0.700. The number of carbonyl (C=O) groups is 1. The summed E-state index contributed by atoms with van der Waals surface area (Å²) in [5.41, 5.74) is -1.38. The first kappa shape index (κ1) is 15.9. The lowest BCUT2D eigenvalue weighted by molar-refractivity contribution is -0.127. The average molecular weight is 295 g/mol. The SMILES string of the molecule is COC1=C(NCCS(=O)(=O)O)CC(O)(CO)CC1=O. The van der Waals surface area contributed by atoms with Crippen molar-refractivity contribution in [1.29, 1.82) is 0 Å². The smallest absolute Gasteiger partial charge is 0.266 e. The number of Topliss-reactive ketones (excluding diaryl/α,β-unsaturated/α-hetero) is 1. The summed E-state index contributed by atoms with van der Waals surface area (Å²) in [6.07, 6.45) is -0.333. The van der Waals surface area contributed by atoms with E-state index in [0.29, 0.717) is 0 Å². The van der Waals surface area contributed by atoms with Crippen LogP contribution in [0.2, 0.25) is 0 Å². The molecule has 110 valence electrons. The number of ether oxygens (including phenoxy) is 1. The second kappa shape index (κ2) is 5.87. The van der Waals surface area contributed by atoms with Gasteiger partial charge in [-0.05, 0) is 0 Å². The monoisotopic (exact) mass is 295 g/mol. The van der Waals surface area contributed by atoms with Crippen molar-refractivity contribution in [3.63, 3.8) is 0 Å². The van der Waals surface area contributed by atoms with Crippen LogP contribution in [-0.2, 0) is 19.6 Å². The highest BCUT2D eigenvalue weighted by atomic mass is 32.2. The summed E-state index contributed by atoms with van der Waals surface area (Å²) in [5, 5.41) is 21.6. The number of hydrogen-bond acceptors (Lipinski definition) is 7. The number of aliphatic hydroxyl groups excluding tert-OH is 1. The lowest BCUT2D eigenvalue weighted by Gasteiger charge is -2.32. The molecule has 0 saturated heterocycles. The van der Waals surface area contributed by atoms with Crippen molar-refractivity contribution in [2.75, 3.05) is 26.0 Å². The lowest BCUT2D eigenvalue weighted by Crippen LogP contribution is -2.43. The Hall–Kier alpha value is -1.16. The molecule has 19 heavy (non-hydrogen) atoms. The number of ketones is 1. The van der Waals surface area contributed by atoms with Crippen LogP contribution in [0.4, 0.5) is 0 Å². The predicted molar refractivity (Wildman–Crippen MR) is 64.7 cm³/mol. The molecule has 0 aromatic carbocycles. The fourth-order valence-corrected chi connectivity index (χ4v) is 2.20. The molecule has 1 aliphatic rings. The van der Waals surface area contributed by atoms with Gasteiger partial charge in [-0.1, -0.05) is 0 Å². The number of nitrogens with one attached hydrogen (secondary N) is 1. The first-order valence-corrected chi connectivity index (χ1v) is 7.14. The molecule has 0 amide bonds. The van der Waals surface area contributed by atoms with E-state index < -0.39 is 33.9 Å². The van der Waals surface area contributed by atoms with Crippen molar-refractivity contribution in [3.8, 4) is 0 Å². The van der Waals surface area contributed by atoms with Crippen LogP contribution < -0.4 is 5.32 Å². The molecule has 0 fully saturated rings. The third kappa shape index (κ3) is 4.46. The van der Waals surface area contributed by atoms with Crippen LogP contribution in [-0.4, -0.2) is 60.6 Å². The van der Waals surface area contributed by atoms with Gasteiger partial charge >= 0.3 is 0 Å². The molecule has 0 saturated carbocycles. The van der Waals surface area contributed by atoms with Gasteiger partial charge in [-0.15, -0.1) is 0 Å². The van der Waals surface area contributed by atoms with Crippen LogP contribution in [0.1, 0.15) is 12.8 Å². The Morgan fingerprint density at radius 2 is 2.05 bits per heavy atom. The summed E-state index contributed by atoms with van der Waals surface area (Å²) in [6.45, 7) is -0.741. The normalized spacial score (nSPS) is 24.5. The molecule has 0 aliphatic heterocycles. The molecule has 8 nitrogen and oxygen atoms in total. The Bertz CT molecular complexity index is 484. The highest BCUT2D eigenvalue weighted by Crippen LogP contribution is 2.29. The third-order valence-electron chi connectivity index (χ3n) is 2.72. The topological polar surface area (TPSA) is 133 Å². The van der Waals surface area contributed by atoms with Crippen LogP contribution >= 0.6 is 0 Å². The third-order valence-corrected chi connectivity index (χ3v) is 3.44. The van der Waals surface area contributed by atoms with Gasteiger partial charge in [0, 0.05) is 19.4 Å². The molecular weight excluding hydrogens is 278 g/mol. The van der Waals surface area contributed by atoms with Gasteiger partial charge in [-0.25, -0.2) is 0 Å². The van der Waals surface area contributed by atoms with E-state index in [-0.39, 0.29) is 30.8 Å². The van der Waals surface area contributed by atoms with Crippen molar-refractivity contribution in [2.45, 2.75) is 18.4 Å². The zero-order chi connectivity index (χ0) is 14.7. The predicted octanol–water partition coefficient (Wildman–Crippen LogP) is -1.59. The van der Waals surface area contributed by atoms with E-state index >= 15 is 0 Å². The molecule has 0 heterocycles. The molecule has 1 unspecified atom stereocenters. The molecule has 1 aliphatic carbocycles. The van der Waals surface area contributed by atoms with E-state index in [1.54, 1.807) is 0 Å². The minimum atomic E-state index is -4.12. The van der Waals surface area contributed by atoms with Gasteiger partial charge < -0.3 is 20.3 Å². The van der Waals surface area contributed by atoms with Crippen LogP contribution in [0.25, 0.3) is 0 Å². The largest absolute Gasteiger partial charge is 0.491 e. The van der Waals surface area contributed by atoms with Gasteiger partial charge in [0.25, 0.3) is 10.1 Å². The average Bonchev–Trinajstić information content (AvgIpc) is 2.27. The summed E-state index contributed by atoms with van der Waals surface area (Å²) in [5.74, 6) is -1.03. The van der Waals surface area contributed by atoms with Gasteiger partial charge in [0.05, 0.1) is 25.2 Å². The van der Waals surface area contributed by atoms with E-state index in [1.165, 1.54) is 7.11 Å². The van der Waals surface area contributed by atoms with Crippen molar-refractivity contribution < 1.29 is 32.7 Å². The minimum absolute atomic E-state index is 0.00605. The molecule has 0 aromatic rings. The summed E-state index contributed by atoms with van der Waals surface area (Å²) >= 11 is 0. The first-order chi connectivity index (χ1) is 8.71. The zero-order valence-corrected chi connectivity index (χ0v) is 11.2. The number of hydrogen-bond donors (Lipinski definition) is 4. The van der Waals surface area contributed by atoms with Crippen LogP contribution in [0.15, 0.2) is 11.5 Å². The maximum Gasteiger partial charge on any atom is 0.266 e. The summed E-state index contributed by atoms with van der Waals surface area (Å²) in [7, 11) is -2.84. The molecule has 0 radical (unpaired) electrons. The number of allylic oxidation sites excluding steroid dienone is 1. The van der Waals surface area contributed by atoms with Gasteiger partial charge in [0.1, 0.15) is 5.60 Å². The van der Waals surface area contributed by atoms with E-state index in [2.05, 4.69) is 5.32 Å². The van der Waals surface area contributed by atoms with Crippen molar-refractivity contribution in [3.05, 3.63) is 11.5 Å². The maximum atomic E-state index is 11.7. The van der Waals surface area contributed by atoms with Gasteiger partial charge in [0.2, 0.25) is 5.78 Å². The number of rotatable bonds is 6. The Morgan fingerprint density at radius 1 is 1.42 bits per heavy atom. The van der Waals surface area contributed by atoms with Gasteiger partial charge in [-0.3, -0.25) is 9.35 Å². The van der Waals surface area contributed by atoms with E-state index in [4.69, 9.17) is 14.4 Å². The van der Waals surface area contributed by atoms with Crippen molar-refractivity contribution in [2.24, 2.45) is 0 Å². The second-order valence-corrected chi connectivity index (χ2v) is 5.96.